The van der Waals surface area contributed by atoms with Gasteiger partial charge in [-0.25, -0.2) is 26.5 Å². The van der Waals surface area contributed by atoms with Gasteiger partial charge in [-0.15, -0.1) is 0 Å². The molecular weight excluding hydrogens is 374 g/mol. The Balaban J connectivity index is 2.07. The summed E-state index contributed by atoms with van der Waals surface area (Å²) in [4.78, 5) is 3.57. The van der Waals surface area contributed by atoms with Gasteiger partial charge in [-0.05, 0) is 29.2 Å². The first-order chi connectivity index (χ1) is 12.0. The molecule has 9 heteroatoms. The molecule has 2 aromatic rings. The number of rotatable bonds is 7. The van der Waals surface area contributed by atoms with Crippen LogP contribution in [0.15, 0.2) is 52.5 Å². The van der Waals surface area contributed by atoms with Crippen molar-refractivity contribution in [3.8, 4) is 0 Å². The first-order valence-electron chi connectivity index (χ1n) is 8.02. The van der Waals surface area contributed by atoms with Crippen LogP contribution in [-0.2, 0) is 19.9 Å². The SMILES string of the molecule is CC(C)c1ccc(C(N)CNS(=O)(=O)c2ccc(S(C)(=O)=O)nc2)cc1. The highest BCUT2D eigenvalue weighted by Gasteiger charge is 2.18. The van der Waals surface area contributed by atoms with E-state index in [1.54, 1.807) is 0 Å². The summed E-state index contributed by atoms with van der Waals surface area (Å²) in [5.74, 6) is 0.404. The predicted molar refractivity (Wildman–Crippen MR) is 100.0 cm³/mol. The summed E-state index contributed by atoms with van der Waals surface area (Å²) in [7, 11) is -7.32. The average molecular weight is 398 g/mol. The molecule has 0 spiro atoms. The van der Waals surface area contributed by atoms with E-state index in [0.717, 1.165) is 24.1 Å². The second-order valence-corrected chi connectivity index (χ2v) is 10.1. The van der Waals surface area contributed by atoms with Crippen molar-refractivity contribution in [1.29, 1.82) is 0 Å². The van der Waals surface area contributed by atoms with Gasteiger partial charge < -0.3 is 5.73 Å². The normalized spacial score (nSPS) is 13.7. The fraction of sp³-hybridized carbons (Fsp3) is 0.353. The average Bonchev–Trinajstić information content (AvgIpc) is 2.59. The number of hydrogen-bond acceptors (Lipinski definition) is 6. The van der Waals surface area contributed by atoms with Gasteiger partial charge in [0.05, 0.1) is 0 Å². The van der Waals surface area contributed by atoms with E-state index < -0.39 is 25.9 Å². The first-order valence-corrected chi connectivity index (χ1v) is 11.4. The van der Waals surface area contributed by atoms with E-state index in [4.69, 9.17) is 5.73 Å². The van der Waals surface area contributed by atoms with E-state index in [-0.39, 0.29) is 16.5 Å². The molecule has 1 heterocycles. The summed E-state index contributed by atoms with van der Waals surface area (Å²) in [5, 5.41) is -0.182. The van der Waals surface area contributed by atoms with Crippen LogP contribution < -0.4 is 10.5 Å². The van der Waals surface area contributed by atoms with Crippen LogP contribution in [0.4, 0.5) is 0 Å². The lowest BCUT2D eigenvalue weighted by Crippen LogP contribution is -2.32. The van der Waals surface area contributed by atoms with Crippen molar-refractivity contribution in [2.45, 2.75) is 35.7 Å². The minimum Gasteiger partial charge on any atom is -0.323 e. The smallest absolute Gasteiger partial charge is 0.242 e. The topological polar surface area (TPSA) is 119 Å². The molecule has 0 saturated carbocycles. The summed E-state index contributed by atoms with van der Waals surface area (Å²) < 4.78 is 49.8. The third kappa shape index (κ3) is 5.10. The molecule has 26 heavy (non-hydrogen) atoms. The monoisotopic (exact) mass is 397 g/mol. The Hall–Kier alpha value is -1.81. The molecule has 0 fully saturated rings. The molecule has 2 rings (SSSR count). The zero-order valence-corrected chi connectivity index (χ0v) is 16.5. The molecule has 0 saturated heterocycles. The van der Waals surface area contributed by atoms with Crippen molar-refractivity contribution < 1.29 is 16.8 Å². The van der Waals surface area contributed by atoms with Gasteiger partial charge in [-0.2, -0.15) is 0 Å². The minimum atomic E-state index is -3.83. The van der Waals surface area contributed by atoms with Crippen LogP contribution in [0.2, 0.25) is 0 Å². The molecule has 1 aromatic carbocycles. The second-order valence-electron chi connectivity index (χ2n) is 6.38. The van der Waals surface area contributed by atoms with Crippen molar-refractivity contribution in [2.24, 2.45) is 5.73 Å². The molecule has 1 unspecified atom stereocenters. The Kier molecular flexibility index (Phi) is 6.17. The Morgan fingerprint density at radius 3 is 2.04 bits per heavy atom. The van der Waals surface area contributed by atoms with E-state index in [1.807, 2.05) is 24.3 Å². The molecule has 0 aliphatic rings. The van der Waals surface area contributed by atoms with Crippen LogP contribution in [0.25, 0.3) is 0 Å². The van der Waals surface area contributed by atoms with E-state index in [9.17, 15) is 16.8 Å². The van der Waals surface area contributed by atoms with Crippen LogP contribution in [0, 0.1) is 0 Å². The fourth-order valence-corrected chi connectivity index (χ4v) is 3.84. The van der Waals surface area contributed by atoms with Crippen molar-refractivity contribution in [1.82, 2.24) is 9.71 Å². The number of nitrogens with two attached hydrogens (primary N) is 1. The summed E-state index contributed by atoms with van der Waals surface area (Å²) in [6, 6.07) is 9.58. The lowest BCUT2D eigenvalue weighted by molar-refractivity contribution is 0.570. The number of nitrogens with one attached hydrogen (secondary N) is 1. The maximum Gasteiger partial charge on any atom is 0.242 e. The van der Waals surface area contributed by atoms with Gasteiger partial charge in [0.25, 0.3) is 0 Å². The van der Waals surface area contributed by atoms with Crippen LogP contribution >= 0.6 is 0 Å². The number of nitrogens with zero attached hydrogens (tertiary/aromatic N) is 1. The van der Waals surface area contributed by atoms with Crippen LogP contribution in [0.5, 0.6) is 0 Å². The lowest BCUT2D eigenvalue weighted by atomic mass is 9.99. The van der Waals surface area contributed by atoms with E-state index in [0.29, 0.717) is 5.92 Å². The number of pyridine rings is 1. The van der Waals surface area contributed by atoms with E-state index >= 15 is 0 Å². The Bertz CT molecular complexity index is 952. The van der Waals surface area contributed by atoms with Gasteiger partial charge in [0, 0.05) is 25.0 Å². The standard InChI is InChI=1S/C17H23N3O4S2/c1-12(2)13-4-6-14(7-5-13)16(18)11-20-26(23,24)15-8-9-17(19-10-15)25(3,21)22/h4-10,12,16,20H,11,18H2,1-3H3. The second kappa shape index (κ2) is 7.83. The molecule has 3 N–H and O–H groups in total. The molecule has 1 atom stereocenters. The van der Waals surface area contributed by atoms with Gasteiger partial charge in [-0.1, -0.05) is 38.1 Å². The number of aromatic nitrogens is 1. The highest BCUT2D eigenvalue weighted by Crippen LogP contribution is 2.18. The van der Waals surface area contributed by atoms with Crippen molar-refractivity contribution >= 4 is 19.9 Å². The molecule has 0 aliphatic carbocycles. The molecule has 0 amide bonds. The summed E-state index contributed by atoms with van der Waals surface area (Å²) in [6.45, 7) is 4.19. The third-order valence-electron chi connectivity index (χ3n) is 3.92. The fourth-order valence-electron chi connectivity index (χ4n) is 2.27. The van der Waals surface area contributed by atoms with Crippen molar-refractivity contribution in [3.05, 3.63) is 53.7 Å². The van der Waals surface area contributed by atoms with Gasteiger partial charge >= 0.3 is 0 Å². The van der Waals surface area contributed by atoms with Crippen LogP contribution in [-0.4, -0.2) is 34.6 Å². The maximum atomic E-state index is 12.3. The summed E-state index contributed by atoms with van der Waals surface area (Å²) >= 11 is 0. The lowest BCUT2D eigenvalue weighted by Gasteiger charge is -2.15. The van der Waals surface area contributed by atoms with Crippen molar-refractivity contribution in [2.75, 3.05) is 12.8 Å². The first kappa shape index (κ1) is 20.5. The number of sulfonamides is 1. The Morgan fingerprint density at radius 2 is 1.58 bits per heavy atom. The number of benzene rings is 1. The largest absolute Gasteiger partial charge is 0.323 e. The van der Waals surface area contributed by atoms with Crippen LogP contribution in [0.3, 0.4) is 0 Å². The van der Waals surface area contributed by atoms with Gasteiger partial charge in [0.1, 0.15) is 4.90 Å². The highest BCUT2D eigenvalue weighted by molar-refractivity contribution is 7.90. The number of hydrogen-bond donors (Lipinski definition) is 2. The molecule has 0 bridgehead atoms. The predicted octanol–water partition coefficient (Wildman–Crippen LogP) is 1.59. The molecular formula is C17H23N3O4S2. The van der Waals surface area contributed by atoms with Gasteiger partial charge in [-0.3, -0.25) is 0 Å². The molecule has 0 aliphatic heterocycles. The zero-order chi connectivity index (χ0) is 19.5. The molecule has 1 aromatic heterocycles. The zero-order valence-electron chi connectivity index (χ0n) is 14.9. The molecule has 0 radical (unpaired) electrons. The van der Waals surface area contributed by atoms with Gasteiger partial charge in [0.2, 0.25) is 10.0 Å². The summed E-state index contributed by atoms with van der Waals surface area (Å²) in [5.41, 5.74) is 8.07. The quantitative estimate of drug-likeness (QED) is 0.732. The summed E-state index contributed by atoms with van der Waals surface area (Å²) in [6.07, 6.45) is 2.02. The van der Waals surface area contributed by atoms with Crippen LogP contribution in [0.1, 0.15) is 36.9 Å². The Morgan fingerprint density at radius 1 is 1.00 bits per heavy atom. The molecule has 7 nitrogen and oxygen atoms in total. The highest BCUT2D eigenvalue weighted by atomic mass is 32.2. The maximum absolute atomic E-state index is 12.3. The van der Waals surface area contributed by atoms with E-state index in [2.05, 4.69) is 23.6 Å². The minimum absolute atomic E-state index is 0.0111. The van der Waals surface area contributed by atoms with E-state index in [1.165, 1.54) is 11.6 Å². The number of sulfone groups is 1. The molecule has 142 valence electrons. The Labute approximate surface area is 154 Å². The third-order valence-corrected chi connectivity index (χ3v) is 6.33. The van der Waals surface area contributed by atoms with Crippen molar-refractivity contribution in [3.63, 3.8) is 0 Å². The van der Waals surface area contributed by atoms with Gasteiger partial charge in [0.15, 0.2) is 14.9 Å².